The highest BCUT2D eigenvalue weighted by Crippen LogP contribution is 2.16. The van der Waals surface area contributed by atoms with Gasteiger partial charge >= 0.3 is 5.97 Å². The van der Waals surface area contributed by atoms with Crippen LogP contribution in [-0.2, 0) is 20.9 Å². The van der Waals surface area contributed by atoms with Crippen LogP contribution >= 0.6 is 0 Å². The molecule has 21 heavy (non-hydrogen) atoms. The summed E-state index contributed by atoms with van der Waals surface area (Å²) >= 11 is 0. The van der Waals surface area contributed by atoms with Gasteiger partial charge in [0, 0.05) is 0 Å². The van der Waals surface area contributed by atoms with E-state index in [1.807, 2.05) is 37.3 Å². The van der Waals surface area contributed by atoms with E-state index in [9.17, 15) is 19.9 Å². The molecule has 0 aromatic heterocycles. The summed E-state index contributed by atoms with van der Waals surface area (Å²) < 4.78 is 5.43. The molecule has 0 saturated carbocycles. The molecule has 0 bridgehead atoms. The van der Waals surface area contributed by atoms with Gasteiger partial charge in [0.1, 0.15) is 5.92 Å². The number of benzene rings is 1. The molecule has 6 heteroatoms. The third-order valence-electron chi connectivity index (χ3n) is 3.22. The van der Waals surface area contributed by atoms with E-state index in [1.54, 1.807) is 0 Å². The molecule has 1 amide bonds. The molecule has 0 radical (unpaired) electrons. The fraction of sp³-hybridized carbons (Fsp3) is 0.467. The van der Waals surface area contributed by atoms with Gasteiger partial charge in [0.05, 0.1) is 19.3 Å². The molecule has 1 aromatic carbocycles. The van der Waals surface area contributed by atoms with E-state index < -0.39 is 17.9 Å². The predicted octanol–water partition coefficient (Wildman–Crippen LogP) is 1.92. The first-order chi connectivity index (χ1) is 10.1. The second-order valence-corrected chi connectivity index (χ2v) is 4.79. The molecule has 2 atom stereocenters. The first-order valence-electron chi connectivity index (χ1n) is 6.87. The van der Waals surface area contributed by atoms with Crippen molar-refractivity contribution in [2.75, 3.05) is 6.61 Å². The predicted molar refractivity (Wildman–Crippen MR) is 75.6 cm³/mol. The van der Waals surface area contributed by atoms with Crippen molar-refractivity contribution in [2.24, 2.45) is 5.92 Å². The molecule has 2 N–H and O–H groups in total. The van der Waals surface area contributed by atoms with E-state index in [0.717, 1.165) is 5.56 Å². The Balaban J connectivity index is 2.63. The van der Waals surface area contributed by atoms with Gasteiger partial charge in [-0.2, -0.15) is 0 Å². The molecule has 1 rings (SSSR count). The van der Waals surface area contributed by atoms with Crippen molar-refractivity contribution < 1.29 is 24.6 Å². The standard InChI is InChI=1S/C15H21NO5/c1-2-6-14(16(20)11-17)13(15(18)19)10-21-9-12-7-4-3-5-8-12/h3-5,7-8,11,13-14,20H,2,6,9-10H2,1H3,(H,18,19)/t13-,14-/m0/s1. The summed E-state index contributed by atoms with van der Waals surface area (Å²) in [5, 5.41) is 19.2. The van der Waals surface area contributed by atoms with Crippen molar-refractivity contribution in [3.05, 3.63) is 35.9 Å². The van der Waals surface area contributed by atoms with Crippen molar-refractivity contribution >= 4 is 12.4 Å². The summed E-state index contributed by atoms with van der Waals surface area (Å²) in [6, 6.07) is 8.59. The molecular weight excluding hydrogens is 274 g/mol. The lowest BCUT2D eigenvalue weighted by molar-refractivity contribution is -0.176. The Morgan fingerprint density at radius 2 is 2.05 bits per heavy atom. The molecule has 0 saturated heterocycles. The maximum atomic E-state index is 11.3. The van der Waals surface area contributed by atoms with E-state index >= 15 is 0 Å². The van der Waals surface area contributed by atoms with Gasteiger partial charge in [0.25, 0.3) is 0 Å². The van der Waals surface area contributed by atoms with E-state index in [4.69, 9.17) is 4.74 Å². The lowest BCUT2D eigenvalue weighted by Crippen LogP contribution is -2.43. The van der Waals surface area contributed by atoms with E-state index in [2.05, 4.69) is 0 Å². The van der Waals surface area contributed by atoms with Gasteiger partial charge in [-0.3, -0.25) is 14.8 Å². The lowest BCUT2D eigenvalue weighted by Gasteiger charge is -2.27. The maximum Gasteiger partial charge on any atom is 0.311 e. The minimum Gasteiger partial charge on any atom is -0.481 e. The Labute approximate surface area is 123 Å². The highest BCUT2D eigenvalue weighted by atomic mass is 16.5. The number of carbonyl (C=O) groups is 2. The number of carboxylic acids is 1. The normalized spacial score (nSPS) is 13.4. The quantitative estimate of drug-likeness (QED) is 0.391. The Kier molecular flexibility index (Phi) is 7.42. The van der Waals surface area contributed by atoms with Gasteiger partial charge < -0.3 is 9.84 Å². The van der Waals surface area contributed by atoms with Gasteiger partial charge in [-0.25, -0.2) is 5.06 Å². The van der Waals surface area contributed by atoms with Crippen LogP contribution in [0.4, 0.5) is 0 Å². The third-order valence-corrected chi connectivity index (χ3v) is 3.22. The van der Waals surface area contributed by atoms with Crippen molar-refractivity contribution in [3.63, 3.8) is 0 Å². The smallest absolute Gasteiger partial charge is 0.311 e. The van der Waals surface area contributed by atoms with Crippen LogP contribution in [0.25, 0.3) is 0 Å². The number of aliphatic carboxylic acids is 1. The van der Waals surface area contributed by atoms with Gasteiger partial charge in [-0.1, -0.05) is 43.7 Å². The number of hydrogen-bond donors (Lipinski definition) is 2. The molecule has 0 fully saturated rings. The number of rotatable bonds is 10. The van der Waals surface area contributed by atoms with E-state index in [-0.39, 0.29) is 19.6 Å². The van der Waals surface area contributed by atoms with Crippen LogP contribution in [0.5, 0.6) is 0 Å². The van der Waals surface area contributed by atoms with Crippen LogP contribution in [0.3, 0.4) is 0 Å². The van der Waals surface area contributed by atoms with Crippen LogP contribution in [0.2, 0.25) is 0 Å². The summed E-state index contributed by atoms with van der Waals surface area (Å²) in [5.74, 6) is -2.06. The number of amides is 1. The molecule has 0 aliphatic heterocycles. The number of carbonyl (C=O) groups excluding carboxylic acids is 1. The molecule has 6 nitrogen and oxygen atoms in total. The Bertz CT molecular complexity index is 437. The first kappa shape index (κ1) is 17.1. The maximum absolute atomic E-state index is 11.3. The molecule has 0 spiro atoms. The number of ether oxygens (including phenoxy) is 1. The molecule has 0 unspecified atom stereocenters. The number of nitrogens with zero attached hydrogens (tertiary/aromatic N) is 1. The van der Waals surface area contributed by atoms with Crippen molar-refractivity contribution in [1.29, 1.82) is 0 Å². The molecular formula is C15H21NO5. The molecule has 116 valence electrons. The van der Waals surface area contributed by atoms with Crippen LogP contribution in [0.1, 0.15) is 25.3 Å². The molecule has 0 aliphatic carbocycles. The van der Waals surface area contributed by atoms with Crippen molar-refractivity contribution in [2.45, 2.75) is 32.4 Å². The highest BCUT2D eigenvalue weighted by molar-refractivity contribution is 5.71. The Morgan fingerprint density at radius 3 is 2.57 bits per heavy atom. The molecule has 0 aliphatic rings. The van der Waals surface area contributed by atoms with Crippen molar-refractivity contribution in [1.82, 2.24) is 5.06 Å². The van der Waals surface area contributed by atoms with Gasteiger partial charge in [-0.15, -0.1) is 0 Å². The second-order valence-electron chi connectivity index (χ2n) is 4.79. The zero-order valence-electron chi connectivity index (χ0n) is 12.0. The largest absolute Gasteiger partial charge is 0.481 e. The highest BCUT2D eigenvalue weighted by Gasteiger charge is 2.31. The molecule has 1 aromatic rings. The van der Waals surface area contributed by atoms with E-state index in [1.165, 1.54) is 0 Å². The fourth-order valence-electron chi connectivity index (χ4n) is 2.12. The third kappa shape index (κ3) is 5.53. The topological polar surface area (TPSA) is 87.1 Å². The second kappa shape index (κ2) is 9.10. The number of carboxylic acid groups (broad SMARTS) is 1. The minimum absolute atomic E-state index is 0.0696. The zero-order chi connectivity index (χ0) is 15.7. The fourth-order valence-corrected chi connectivity index (χ4v) is 2.12. The first-order valence-corrected chi connectivity index (χ1v) is 6.87. The van der Waals surface area contributed by atoms with Crippen LogP contribution in [-0.4, -0.2) is 40.4 Å². The summed E-state index contributed by atoms with van der Waals surface area (Å²) in [6.07, 6.45) is 1.27. The average molecular weight is 295 g/mol. The van der Waals surface area contributed by atoms with Gasteiger partial charge in [-0.05, 0) is 12.0 Å². The van der Waals surface area contributed by atoms with Crippen LogP contribution in [0, 0.1) is 5.92 Å². The lowest BCUT2D eigenvalue weighted by atomic mass is 9.96. The Morgan fingerprint density at radius 1 is 1.38 bits per heavy atom. The number of hydrogen-bond acceptors (Lipinski definition) is 4. The number of hydroxylamine groups is 2. The van der Waals surface area contributed by atoms with Crippen LogP contribution < -0.4 is 0 Å². The van der Waals surface area contributed by atoms with Gasteiger partial charge in [0.2, 0.25) is 6.41 Å². The molecule has 0 heterocycles. The Hall–Kier alpha value is -1.92. The summed E-state index contributed by atoms with van der Waals surface area (Å²) in [6.45, 7) is 2.07. The summed E-state index contributed by atoms with van der Waals surface area (Å²) in [5.41, 5.74) is 0.935. The van der Waals surface area contributed by atoms with Gasteiger partial charge in [0.15, 0.2) is 0 Å². The van der Waals surface area contributed by atoms with Crippen molar-refractivity contribution in [3.8, 4) is 0 Å². The monoisotopic (exact) mass is 295 g/mol. The van der Waals surface area contributed by atoms with Crippen LogP contribution in [0.15, 0.2) is 30.3 Å². The zero-order valence-corrected chi connectivity index (χ0v) is 12.0. The van der Waals surface area contributed by atoms with E-state index in [0.29, 0.717) is 17.9 Å². The summed E-state index contributed by atoms with van der Waals surface area (Å²) in [4.78, 5) is 22.0. The average Bonchev–Trinajstić information content (AvgIpc) is 2.50. The SMILES string of the molecule is CCC[C@@H]([C@H](COCc1ccccc1)C(=O)O)N(O)C=O. The summed E-state index contributed by atoms with van der Waals surface area (Å²) in [7, 11) is 0. The minimum atomic E-state index is -1.09.